The molecule has 0 unspecified atom stereocenters. The van der Waals surface area contributed by atoms with Gasteiger partial charge in [-0.1, -0.05) is 44.2 Å². The molecule has 0 saturated heterocycles. The van der Waals surface area contributed by atoms with Gasteiger partial charge in [0.05, 0.1) is 19.6 Å². The third kappa shape index (κ3) is 6.77. The fraction of sp³-hybridized carbons (Fsp3) is 0.600. The molecule has 0 aliphatic heterocycles. The number of methoxy groups -OCH3 is 1. The van der Waals surface area contributed by atoms with E-state index in [0.717, 1.165) is 24.2 Å². The van der Waals surface area contributed by atoms with Gasteiger partial charge in [0.2, 0.25) is 11.8 Å². The smallest absolute Gasteiger partial charge is 0.222 e. The van der Waals surface area contributed by atoms with Gasteiger partial charge in [0, 0.05) is 13.0 Å². The minimum absolute atomic E-state index is 0.000131. The second-order valence-corrected chi connectivity index (χ2v) is 6.84. The van der Waals surface area contributed by atoms with Gasteiger partial charge < -0.3 is 15.4 Å². The van der Waals surface area contributed by atoms with E-state index in [1.165, 1.54) is 39.0 Å². The Morgan fingerprint density at radius 1 is 1.08 bits per heavy atom. The van der Waals surface area contributed by atoms with Crippen molar-refractivity contribution < 1.29 is 14.3 Å². The summed E-state index contributed by atoms with van der Waals surface area (Å²) in [6, 6.07) is 7.41. The molecule has 5 nitrogen and oxygen atoms in total. The van der Waals surface area contributed by atoms with Crippen LogP contribution in [-0.4, -0.2) is 25.0 Å². The highest BCUT2D eigenvalue weighted by Gasteiger charge is 2.20. The van der Waals surface area contributed by atoms with Gasteiger partial charge in [0.25, 0.3) is 0 Å². The van der Waals surface area contributed by atoms with E-state index >= 15 is 0 Å². The van der Waals surface area contributed by atoms with Gasteiger partial charge in [-0.05, 0) is 30.5 Å². The lowest BCUT2D eigenvalue weighted by Crippen LogP contribution is -2.38. The van der Waals surface area contributed by atoms with Crippen molar-refractivity contribution in [2.45, 2.75) is 70.4 Å². The van der Waals surface area contributed by atoms with Crippen LogP contribution in [0.15, 0.2) is 24.3 Å². The summed E-state index contributed by atoms with van der Waals surface area (Å²) in [5.74, 6) is 0.615. The third-order valence-corrected chi connectivity index (χ3v) is 4.76. The summed E-state index contributed by atoms with van der Waals surface area (Å²) in [7, 11) is 1.61. The first-order valence-corrected chi connectivity index (χ1v) is 9.29. The average Bonchev–Trinajstić information content (AvgIpc) is 2.56. The van der Waals surface area contributed by atoms with Crippen molar-refractivity contribution in [3.8, 4) is 5.75 Å². The van der Waals surface area contributed by atoms with Crippen LogP contribution in [-0.2, 0) is 9.59 Å². The molecule has 2 rings (SSSR count). The number of nitrogens with one attached hydrogen (secondary N) is 2. The molecule has 1 fully saturated rings. The third-order valence-electron chi connectivity index (χ3n) is 4.76. The molecule has 1 aromatic carbocycles. The van der Waals surface area contributed by atoms with Crippen LogP contribution >= 0.6 is 0 Å². The molecule has 2 N–H and O–H groups in total. The van der Waals surface area contributed by atoms with Gasteiger partial charge in [0.1, 0.15) is 5.75 Å². The van der Waals surface area contributed by atoms with Crippen LogP contribution in [0.5, 0.6) is 5.75 Å². The summed E-state index contributed by atoms with van der Waals surface area (Å²) >= 11 is 0. The van der Waals surface area contributed by atoms with E-state index in [1.54, 1.807) is 7.11 Å². The van der Waals surface area contributed by atoms with Crippen molar-refractivity contribution in [3.05, 3.63) is 29.8 Å². The van der Waals surface area contributed by atoms with Crippen LogP contribution in [0.1, 0.15) is 69.9 Å². The first kappa shape index (κ1) is 19.3. The number of ether oxygens (including phenoxy) is 1. The van der Waals surface area contributed by atoms with Crippen molar-refractivity contribution in [1.29, 1.82) is 0 Å². The van der Waals surface area contributed by atoms with E-state index in [1.807, 2.05) is 24.3 Å². The Bertz CT molecular complexity index is 549. The van der Waals surface area contributed by atoms with Gasteiger partial charge in [-0.15, -0.1) is 0 Å². The molecule has 1 saturated carbocycles. The van der Waals surface area contributed by atoms with Gasteiger partial charge in [-0.3, -0.25) is 9.59 Å². The van der Waals surface area contributed by atoms with Crippen molar-refractivity contribution in [1.82, 2.24) is 10.6 Å². The summed E-state index contributed by atoms with van der Waals surface area (Å²) in [6.45, 7) is 1.48. The molecule has 1 atom stereocenters. The molecular weight excluding hydrogens is 316 g/mol. The van der Waals surface area contributed by atoms with E-state index in [0.29, 0.717) is 0 Å². The molecule has 0 heterocycles. The van der Waals surface area contributed by atoms with Crippen LogP contribution in [0.4, 0.5) is 0 Å². The highest BCUT2D eigenvalue weighted by atomic mass is 16.5. The van der Waals surface area contributed by atoms with E-state index in [9.17, 15) is 9.59 Å². The molecule has 25 heavy (non-hydrogen) atoms. The minimum atomic E-state index is -0.322. The monoisotopic (exact) mass is 346 g/mol. The average molecular weight is 346 g/mol. The topological polar surface area (TPSA) is 67.4 Å². The molecule has 0 radical (unpaired) electrons. The van der Waals surface area contributed by atoms with Crippen molar-refractivity contribution in [2.24, 2.45) is 0 Å². The van der Waals surface area contributed by atoms with Crippen molar-refractivity contribution >= 4 is 11.8 Å². The zero-order valence-electron chi connectivity index (χ0n) is 15.3. The maximum absolute atomic E-state index is 12.5. The predicted octanol–water partition coefficient (Wildman–Crippen LogP) is 3.49. The molecule has 0 bridgehead atoms. The summed E-state index contributed by atoms with van der Waals surface area (Å²) in [6.07, 6.45) is 8.54. The van der Waals surface area contributed by atoms with Gasteiger partial charge in [-0.2, -0.15) is 0 Å². The lowest BCUT2D eigenvalue weighted by molar-refractivity contribution is -0.123. The van der Waals surface area contributed by atoms with Gasteiger partial charge in [0.15, 0.2) is 0 Å². The summed E-state index contributed by atoms with van der Waals surface area (Å²) in [5.41, 5.74) is 0.906. The van der Waals surface area contributed by atoms with Crippen molar-refractivity contribution in [2.75, 3.05) is 7.11 Å². The summed E-state index contributed by atoms with van der Waals surface area (Å²) in [5, 5.41) is 6.05. The lowest BCUT2D eigenvalue weighted by atomic mass is 9.96. The molecule has 1 aliphatic rings. The summed E-state index contributed by atoms with van der Waals surface area (Å²) < 4.78 is 5.17. The second-order valence-electron chi connectivity index (χ2n) is 6.84. The number of benzene rings is 1. The standard InChI is InChI=1S/C20H30N2O3/c1-15(23)21-19(16-10-12-18(25-2)13-11-16)14-20(24)22-17-8-6-4-3-5-7-9-17/h10-13,17,19H,3-9,14H2,1-2H3,(H,21,23)(H,22,24)/t19-/m1/s1. The SMILES string of the molecule is COc1ccc([C@@H](CC(=O)NC2CCCCCCC2)NC(C)=O)cc1. The number of carbonyl (C=O) groups is 2. The van der Waals surface area contributed by atoms with E-state index in [-0.39, 0.29) is 30.3 Å². The Morgan fingerprint density at radius 2 is 1.68 bits per heavy atom. The molecule has 1 aromatic rings. The molecule has 0 aromatic heterocycles. The Morgan fingerprint density at radius 3 is 2.24 bits per heavy atom. The Balaban J connectivity index is 1.97. The second kappa shape index (κ2) is 10.1. The highest BCUT2D eigenvalue weighted by molar-refractivity contribution is 5.79. The van der Waals surface area contributed by atoms with Crippen LogP contribution in [0, 0.1) is 0 Å². The molecule has 2 amide bonds. The molecular formula is C20H30N2O3. The largest absolute Gasteiger partial charge is 0.497 e. The van der Waals surface area contributed by atoms with E-state index in [2.05, 4.69) is 10.6 Å². The maximum Gasteiger partial charge on any atom is 0.222 e. The Kier molecular flexibility index (Phi) is 7.76. The predicted molar refractivity (Wildman–Crippen MR) is 98.4 cm³/mol. The number of rotatable bonds is 6. The Labute approximate surface area is 150 Å². The Hall–Kier alpha value is -2.04. The number of hydrogen-bond donors (Lipinski definition) is 2. The van der Waals surface area contributed by atoms with E-state index in [4.69, 9.17) is 4.74 Å². The van der Waals surface area contributed by atoms with Crippen LogP contribution < -0.4 is 15.4 Å². The molecule has 1 aliphatic carbocycles. The van der Waals surface area contributed by atoms with Crippen LogP contribution in [0.3, 0.4) is 0 Å². The first-order chi connectivity index (χ1) is 12.1. The van der Waals surface area contributed by atoms with Gasteiger partial charge in [-0.25, -0.2) is 0 Å². The van der Waals surface area contributed by atoms with Crippen molar-refractivity contribution in [3.63, 3.8) is 0 Å². The quantitative estimate of drug-likeness (QED) is 0.828. The highest BCUT2D eigenvalue weighted by Crippen LogP contribution is 2.21. The van der Waals surface area contributed by atoms with Crippen LogP contribution in [0.2, 0.25) is 0 Å². The fourth-order valence-corrected chi connectivity index (χ4v) is 3.41. The molecule has 0 spiro atoms. The number of hydrogen-bond acceptors (Lipinski definition) is 3. The first-order valence-electron chi connectivity index (χ1n) is 9.29. The molecule has 138 valence electrons. The minimum Gasteiger partial charge on any atom is -0.497 e. The number of carbonyl (C=O) groups excluding carboxylic acids is 2. The lowest BCUT2D eigenvalue weighted by Gasteiger charge is -2.23. The van der Waals surface area contributed by atoms with Gasteiger partial charge >= 0.3 is 0 Å². The zero-order valence-corrected chi connectivity index (χ0v) is 15.3. The van der Waals surface area contributed by atoms with E-state index < -0.39 is 0 Å². The normalized spacial score (nSPS) is 17.0. The fourth-order valence-electron chi connectivity index (χ4n) is 3.41. The van der Waals surface area contributed by atoms with Crippen LogP contribution in [0.25, 0.3) is 0 Å². The summed E-state index contributed by atoms with van der Waals surface area (Å²) in [4.78, 5) is 24.0. The number of amides is 2. The molecule has 5 heteroatoms. The maximum atomic E-state index is 12.5. The zero-order chi connectivity index (χ0) is 18.1.